The zero-order chi connectivity index (χ0) is 14.7. The van der Waals surface area contributed by atoms with Crippen LogP contribution in [0.2, 0.25) is 0 Å². The summed E-state index contributed by atoms with van der Waals surface area (Å²) in [5.41, 5.74) is 0.777. The highest BCUT2D eigenvalue weighted by Gasteiger charge is 2.26. The van der Waals surface area contributed by atoms with Crippen molar-refractivity contribution < 1.29 is 19.2 Å². The number of aliphatic carboxylic acids is 1. The molecule has 1 fully saturated rings. The molecule has 0 saturated heterocycles. The van der Waals surface area contributed by atoms with E-state index in [4.69, 9.17) is 14.4 Å². The lowest BCUT2D eigenvalue weighted by Gasteiger charge is -2.25. The van der Waals surface area contributed by atoms with Crippen molar-refractivity contribution in [1.29, 1.82) is 0 Å². The normalized spacial score (nSPS) is 22.3. The van der Waals surface area contributed by atoms with Crippen molar-refractivity contribution >= 4 is 17.3 Å². The van der Waals surface area contributed by atoms with E-state index in [0.29, 0.717) is 19.4 Å². The monoisotopic (exact) mass is 307 g/mol. The lowest BCUT2D eigenvalue weighted by Crippen LogP contribution is -2.25. The molecular formula is C15H17NO4S. The largest absolute Gasteiger partial charge is 0.481 e. The molecule has 5 nitrogen and oxygen atoms in total. The van der Waals surface area contributed by atoms with Gasteiger partial charge in [0, 0.05) is 6.07 Å². The van der Waals surface area contributed by atoms with E-state index in [1.54, 1.807) is 11.3 Å². The van der Waals surface area contributed by atoms with Gasteiger partial charge >= 0.3 is 5.97 Å². The standard InChI is InChI=1S/C15H17NO4S/c17-15(18)10-3-5-12(6-4-10)19-9-11-8-13(20-16-11)14-2-1-7-21-14/h1-2,7-8,10,12H,3-6,9H2,(H,17,18). The van der Waals surface area contributed by atoms with E-state index in [-0.39, 0.29) is 12.0 Å². The third kappa shape index (κ3) is 3.51. The lowest BCUT2D eigenvalue weighted by atomic mass is 9.87. The second kappa shape index (κ2) is 6.41. The number of thiophene rings is 1. The molecular weight excluding hydrogens is 290 g/mol. The number of hydrogen-bond acceptors (Lipinski definition) is 5. The van der Waals surface area contributed by atoms with E-state index in [1.807, 2.05) is 23.6 Å². The molecule has 0 aliphatic heterocycles. The predicted octanol–water partition coefficient (Wildman–Crippen LogP) is 3.56. The third-order valence-electron chi connectivity index (χ3n) is 3.81. The van der Waals surface area contributed by atoms with Crippen LogP contribution in [0.3, 0.4) is 0 Å². The molecule has 2 aromatic heterocycles. The second-order valence-corrected chi connectivity index (χ2v) is 6.23. The van der Waals surface area contributed by atoms with Gasteiger partial charge in [0.2, 0.25) is 0 Å². The maximum atomic E-state index is 10.9. The molecule has 112 valence electrons. The van der Waals surface area contributed by atoms with Crippen molar-refractivity contribution in [3.05, 3.63) is 29.3 Å². The summed E-state index contributed by atoms with van der Waals surface area (Å²) in [5.74, 6) is -0.133. The van der Waals surface area contributed by atoms with Crippen LogP contribution in [0.5, 0.6) is 0 Å². The van der Waals surface area contributed by atoms with Gasteiger partial charge in [-0.25, -0.2) is 0 Å². The quantitative estimate of drug-likeness (QED) is 0.914. The van der Waals surface area contributed by atoms with E-state index in [0.717, 1.165) is 29.2 Å². The molecule has 2 aromatic rings. The maximum absolute atomic E-state index is 10.9. The van der Waals surface area contributed by atoms with Crippen molar-refractivity contribution in [2.75, 3.05) is 0 Å². The highest BCUT2D eigenvalue weighted by Crippen LogP contribution is 2.28. The third-order valence-corrected chi connectivity index (χ3v) is 4.70. The van der Waals surface area contributed by atoms with Crippen molar-refractivity contribution in [2.45, 2.75) is 38.4 Å². The van der Waals surface area contributed by atoms with Crippen molar-refractivity contribution in [2.24, 2.45) is 5.92 Å². The van der Waals surface area contributed by atoms with Gasteiger partial charge in [-0.2, -0.15) is 0 Å². The molecule has 1 aliphatic carbocycles. The zero-order valence-electron chi connectivity index (χ0n) is 11.5. The van der Waals surface area contributed by atoms with Gasteiger partial charge in [-0.05, 0) is 37.1 Å². The molecule has 0 bridgehead atoms. The molecule has 0 radical (unpaired) electrons. The van der Waals surface area contributed by atoms with Crippen LogP contribution in [-0.4, -0.2) is 22.3 Å². The Morgan fingerprint density at radius 1 is 1.43 bits per heavy atom. The fourth-order valence-electron chi connectivity index (χ4n) is 2.59. The first kappa shape index (κ1) is 14.3. The summed E-state index contributed by atoms with van der Waals surface area (Å²) in [6, 6.07) is 5.86. The number of carboxylic acids is 1. The molecule has 3 rings (SSSR count). The molecule has 0 atom stereocenters. The van der Waals surface area contributed by atoms with E-state index in [9.17, 15) is 4.79 Å². The lowest BCUT2D eigenvalue weighted by molar-refractivity contribution is -0.143. The van der Waals surface area contributed by atoms with Crippen LogP contribution in [0.1, 0.15) is 31.4 Å². The SMILES string of the molecule is O=C(O)C1CCC(OCc2cc(-c3cccs3)on2)CC1. The maximum Gasteiger partial charge on any atom is 0.306 e. The first-order chi connectivity index (χ1) is 10.2. The predicted molar refractivity (Wildman–Crippen MR) is 78.0 cm³/mol. The number of hydrogen-bond donors (Lipinski definition) is 1. The topological polar surface area (TPSA) is 72.6 Å². The van der Waals surface area contributed by atoms with E-state index in [1.165, 1.54) is 0 Å². The summed E-state index contributed by atoms with van der Waals surface area (Å²) in [7, 11) is 0. The summed E-state index contributed by atoms with van der Waals surface area (Å²) in [6.07, 6.45) is 3.11. The molecule has 1 saturated carbocycles. The average Bonchev–Trinajstić information content (AvgIpc) is 3.16. The highest BCUT2D eigenvalue weighted by atomic mass is 32.1. The number of aromatic nitrogens is 1. The Hall–Kier alpha value is -1.66. The smallest absolute Gasteiger partial charge is 0.306 e. The Morgan fingerprint density at radius 3 is 2.90 bits per heavy atom. The summed E-state index contributed by atoms with van der Waals surface area (Å²) in [4.78, 5) is 11.9. The fourth-order valence-corrected chi connectivity index (χ4v) is 3.27. The van der Waals surface area contributed by atoms with Gasteiger partial charge in [0.1, 0.15) is 5.69 Å². The molecule has 6 heteroatoms. The van der Waals surface area contributed by atoms with Crippen molar-refractivity contribution in [3.8, 4) is 10.6 Å². The molecule has 0 amide bonds. The Labute approximate surface area is 126 Å². The van der Waals surface area contributed by atoms with Crippen molar-refractivity contribution in [3.63, 3.8) is 0 Å². The minimum absolute atomic E-state index is 0.127. The Bertz CT molecular complexity index is 585. The second-order valence-electron chi connectivity index (χ2n) is 5.28. The van der Waals surface area contributed by atoms with Crippen LogP contribution >= 0.6 is 11.3 Å². The summed E-state index contributed by atoms with van der Waals surface area (Å²) in [5, 5.41) is 15.0. The van der Waals surface area contributed by atoms with E-state index in [2.05, 4.69) is 5.16 Å². The molecule has 1 N–H and O–H groups in total. The van der Waals surface area contributed by atoms with Gasteiger partial charge in [-0.1, -0.05) is 11.2 Å². The van der Waals surface area contributed by atoms with Gasteiger partial charge in [-0.3, -0.25) is 4.79 Å². The number of ether oxygens (including phenoxy) is 1. The fraction of sp³-hybridized carbons (Fsp3) is 0.467. The van der Waals surface area contributed by atoms with E-state index >= 15 is 0 Å². The zero-order valence-corrected chi connectivity index (χ0v) is 12.3. The molecule has 0 spiro atoms. The van der Waals surface area contributed by atoms with Crippen LogP contribution < -0.4 is 0 Å². The van der Waals surface area contributed by atoms with Crippen molar-refractivity contribution in [1.82, 2.24) is 5.16 Å². The average molecular weight is 307 g/mol. The van der Waals surface area contributed by atoms with Crippen LogP contribution in [-0.2, 0) is 16.1 Å². The van der Waals surface area contributed by atoms with Crippen LogP contribution in [0.25, 0.3) is 10.6 Å². The number of rotatable bonds is 5. The molecule has 0 aromatic carbocycles. The first-order valence-electron chi connectivity index (χ1n) is 7.06. The van der Waals surface area contributed by atoms with E-state index < -0.39 is 5.97 Å². The molecule has 0 unspecified atom stereocenters. The molecule has 1 aliphatic rings. The highest BCUT2D eigenvalue weighted by molar-refractivity contribution is 7.13. The minimum atomic E-state index is -0.689. The number of carbonyl (C=O) groups is 1. The van der Waals surface area contributed by atoms with Crippen LogP contribution in [0.4, 0.5) is 0 Å². The molecule has 21 heavy (non-hydrogen) atoms. The van der Waals surface area contributed by atoms with Gasteiger partial charge in [0.05, 0.1) is 23.5 Å². The first-order valence-corrected chi connectivity index (χ1v) is 7.94. The Morgan fingerprint density at radius 2 is 2.24 bits per heavy atom. The Kier molecular flexibility index (Phi) is 4.36. The van der Waals surface area contributed by atoms with Gasteiger partial charge in [0.15, 0.2) is 5.76 Å². The minimum Gasteiger partial charge on any atom is -0.481 e. The van der Waals surface area contributed by atoms with Crippen LogP contribution in [0.15, 0.2) is 28.1 Å². The van der Waals surface area contributed by atoms with Gasteiger partial charge in [0.25, 0.3) is 0 Å². The van der Waals surface area contributed by atoms with Gasteiger partial charge < -0.3 is 14.4 Å². The molecule has 2 heterocycles. The van der Waals surface area contributed by atoms with Crippen LogP contribution in [0, 0.1) is 5.92 Å². The number of carboxylic acid groups (broad SMARTS) is 1. The van der Waals surface area contributed by atoms with Gasteiger partial charge in [-0.15, -0.1) is 11.3 Å². The number of nitrogens with zero attached hydrogens (tertiary/aromatic N) is 1. The summed E-state index contributed by atoms with van der Waals surface area (Å²) in [6.45, 7) is 0.414. The summed E-state index contributed by atoms with van der Waals surface area (Å²) >= 11 is 1.61. The summed E-state index contributed by atoms with van der Waals surface area (Å²) < 4.78 is 11.1. The Balaban J connectivity index is 1.49.